The van der Waals surface area contributed by atoms with Crippen molar-refractivity contribution in [3.63, 3.8) is 0 Å². The van der Waals surface area contributed by atoms with Gasteiger partial charge in [0.05, 0.1) is 37.0 Å². The van der Waals surface area contributed by atoms with Crippen molar-refractivity contribution in [2.24, 2.45) is 0 Å². The van der Waals surface area contributed by atoms with Crippen molar-refractivity contribution in [3.05, 3.63) is 16.4 Å². The van der Waals surface area contributed by atoms with Crippen LogP contribution in [0.25, 0.3) is 0 Å². The van der Waals surface area contributed by atoms with E-state index in [0.717, 1.165) is 0 Å². The van der Waals surface area contributed by atoms with Crippen LogP contribution in [0.4, 0.5) is 0 Å². The van der Waals surface area contributed by atoms with Crippen LogP contribution in [0.5, 0.6) is 0 Å². The fourth-order valence-corrected chi connectivity index (χ4v) is 1.88. The zero-order valence-corrected chi connectivity index (χ0v) is 12.1. The zero-order valence-electron chi connectivity index (χ0n) is 10.5. The molecule has 0 radical (unpaired) electrons. The molecule has 1 aromatic heterocycles. The van der Waals surface area contributed by atoms with Crippen molar-refractivity contribution in [2.45, 2.75) is 6.54 Å². The Morgan fingerprint density at radius 2 is 2.06 bits per heavy atom. The highest BCUT2D eigenvalue weighted by atomic mass is 79.9. The van der Waals surface area contributed by atoms with Crippen LogP contribution in [-0.4, -0.2) is 56.2 Å². The molecule has 0 fully saturated rings. The minimum atomic E-state index is -0.119. The molecule has 0 saturated carbocycles. The monoisotopic (exact) mass is 320 g/mol. The Labute approximate surface area is 114 Å². The molecule has 0 aliphatic rings. The molecule has 0 aliphatic carbocycles. The molecule has 0 amide bonds. The van der Waals surface area contributed by atoms with Crippen LogP contribution in [0.15, 0.2) is 10.7 Å². The van der Waals surface area contributed by atoms with E-state index >= 15 is 0 Å². The maximum absolute atomic E-state index is 12.0. The van der Waals surface area contributed by atoms with Gasteiger partial charge in [0.25, 0.3) is 0 Å². The Hall–Kier alpha value is -0.760. The number of ketones is 1. The maximum Gasteiger partial charge on any atom is 0.207 e. The normalized spacial score (nSPS) is 10.8. The number of halogens is 1. The summed E-state index contributed by atoms with van der Waals surface area (Å²) in [6.45, 7) is 1.91. The topological polar surface area (TPSA) is 62.6 Å². The Morgan fingerprint density at radius 1 is 1.33 bits per heavy atom. The number of rotatable bonds is 9. The fourth-order valence-electron chi connectivity index (χ4n) is 1.36. The summed E-state index contributed by atoms with van der Waals surface area (Å²) in [6, 6.07) is 0. The van der Waals surface area contributed by atoms with Gasteiger partial charge in [-0.15, -0.1) is 0 Å². The van der Waals surface area contributed by atoms with E-state index in [4.69, 9.17) is 14.2 Å². The first-order valence-corrected chi connectivity index (χ1v) is 6.30. The van der Waals surface area contributed by atoms with Crippen molar-refractivity contribution < 1.29 is 19.0 Å². The van der Waals surface area contributed by atoms with Gasteiger partial charge in [-0.1, -0.05) is 0 Å². The molecule has 102 valence electrons. The molecule has 0 atom stereocenters. The van der Waals surface area contributed by atoms with Crippen LogP contribution in [0.1, 0.15) is 10.5 Å². The average molecular weight is 321 g/mol. The highest BCUT2D eigenvalue weighted by Gasteiger charge is 2.16. The molecule has 0 saturated heterocycles. The standard InChI is InChI=1S/C11H17BrN2O4/c1-16-4-3-14-11(9(12)7-13-14)10(15)8-18-6-5-17-2/h7H,3-6,8H2,1-2H3. The van der Waals surface area contributed by atoms with Crippen molar-refractivity contribution in [3.8, 4) is 0 Å². The van der Waals surface area contributed by atoms with Crippen LogP contribution in [0.3, 0.4) is 0 Å². The summed E-state index contributed by atoms with van der Waals surface area (Å²) in [6.07, 6.45) is 1.60. The maximum atomic E-state index is 12.0. The lowest BCUT2D eigenvalue weighted by Crippen LogP contribution is -2.18. The number of carbonyl (C=O) groups excluding carboxylic acids is 1. The van der Waals surface area contributed by atoms with Crippen molar-refractivity contribution in [1.29, 1.82) is 0 Å². The largest absolute Gasteiger partial charge is 0.383 e. The van der Waals surface area contributed by atoms with E-state index in [2.05, 4.69) is 21.0 Å². The number of hydrogen-bond acceptors (Lipinski definition) is 5. The number of ether oxygens (including phenoxy) is 3. The van der Waals surface area contributed by atoms with E-state index in [0.29, 0.717) is 36.5 Å². The van der Waals surface area contributed by atoms with Gasteiger partial charge in [-0.3, -0.25) is 9.48 Å². The van der Waals surface area contributed by atoms with Crippen LogP contribution >= 0.6 is 15.9 Å². The Kier molecular flexibility index (Phi) is 7.11. The van der Waals surface area contributed by atoms with Crippen LogP contribution in [-0.2, 0) is 20.8 Å². The van der Waals surface area contributed by atoms with E-state index in [1.54, 1.807) is 25.1 Å². The number of carbonyl (C=O) groups is 1. The molecule has 0 aliphatic heterocycles. The molecule has 18 heavy (non-hydrogen) atoms. The lowest BCUT2D eigenvalue weighted by Gasteiger charge is -2.07. The molecular weight excluding hydrogens is 304 g/mol. The predicted molar refractivity (Wildman–Crippen MR) is 68.8 cm³/mol. The fraction of sp³-hybridized carbons (Fsp3) is 0.636. The molecule has 1 aromatic rings. The highest BCUT2D eigenvalue weighted by molar-refractivity contribution is 9.10. The van der Waals surface area contributed by atoms with Crippen LogP contribution in [0, 0.1) is 0 Å². The van der Waals surface area contributed by atoms with Gasteiger partial charge in [0.1, 0.15) is 12.3 Å². The molecule has 0 bridgehead atoms. The van der Waals surface area contributed by atoms with E-state index in [1.165, 1.54) is 0 Å². The van der Waals surface area contributed by atoms with Gasteiger partial charge in [0.15, 0.2) is 0 Å². The van der Waals surface area contributed by atoms with E-state index < -0.39 is 0 Å². The van der Waals surface area contributed by atoms with Gasteiger partial charge in [-0.25, -0.2) is 0 Å². The first-order chi connectivity index (χ1) is 8.70. The molecule has 7 heteroatoms. The van der Waals surface area contributed by atoms with Gasteiger partial charge >= 0.3 is 0 Å². The number of aromatic nitrogens is 2. The lowest BCUT2D eigenvalue weighted by atomic mass is 10.3. The highest BCUT2D eigenvalue weighted by Crippen LogP contribution is 2.16. The second kappa shape index (κ2) is 8.36. The van der Waals surface area contributed by atoms with E-state index in [1.807, 2.05) is 0 Å². The van der Waals surface area contributed by atoms with E-state index in [9.17, 15) is 4.79 Å². The average Bonchev–Trinajstić information content (AvgIpc) is 2.73. The van der Waals surface area contributed by atoms with Gasteiger partial charge in [0.2, 0.25) is 5.78 Å². The van der Waals surface area contributed by atoms with Crippen molar-refractivity contribution >= 4 is 21.7 Å². The SMILES string of the molecule is COCCOCC(=O)c1c(Br)cnn1CCOC. The Balaban J connectivity index is 2.57. The summed E-state index contributed by atoms with van der Waals surface area (Å²) in [5, 5.41) is 4.11. The van der Waals surface area contributed by atoms with Crippen LogP contribution in [0.2, 0.25) is 0 Å². The molecule has 0 spiro atoms. The Bertz CT molecular complexity index is 381. The first kappa shape index (κ1) is 15.3. The zero-order chi connectivity index (χ0) is 13.4. The summed E-state index contributed by atoms with van der Waals surface area (Å²) < 4.78 is 17.3. The molecule has 1 heterocycles. The third kappa shape index (κ3) is 4.49. The van der Waals surface area contributed by atoms with Gasteiger partial charge in [-0.2, -0.15) is 5.10 Å². The molecule has 0 unspecified atom stereocenters. The molecule has 6 nitrogen and oxygen atoms in total. The van der Waals surface area contributed by atoms with Crippen molar-refractivity contribution in [1.82, 2.24) is 9.78 Å². The second-order valence-corrected chi connectivity index (χ2v) is 4.38. The molecule has 0 aromatic carbocycles. The summed E-state index contributed by atoms with van der Waals surface area (Å²) in [5.74, 6) is -0.119. The van der Waals surface area contributed by atoms with Gasteiger partial charge in [0, 0.05) is 14.2 Å². The first-order valence-electron chi connectivity index (χ1n) is 5.50. The molecular formula is C11H17BrN2O4. The lowest BCUT2D eigenvalue weighted by molar-refractivity contribution is 0.0567. The van der Waals surface area contributed by atoms with Gasteiger partial charge < -0.3 is 14.2 Å². The number of nitrogens with zero attached hydrogens (tertiary/aromatic N) is 2. The summed E-state index contributed by atoms with van der Waals surface area (Å²) >= 11 is 3.31. The third-order valence-electron chi connectivity index (χ3n) is 2.23. The number of methoxy groups -OCH3 is 2. The minimum absolute atomic E-state index is 0.0145. The molecule has 1 rings (SSSR count). The summed E-state index contributed by atoms with van der Waals surface area (Å²) in [7, 11) is 3.19. The quantitative estimate of drug-likeness (QED) is 0.504. The summed E-state index contributed by atoms with van der Waals surface area (Å²) in [5.41, 5.74) is 0.504. The van der Waals surface area contributed by atoms with Crippen molar-refractivity contribution in [2.75, 3.05) is 40.6 Å². The third-order valence-corrected chi connectivity index (χ3v) is 2.81. The smallest absolute Gasteiger partial charge is 0.207 e. The number of hydrogen-bond donors (Lipinski definition) is 0. The molecule has 0 N–H and O–H groups in total. The summed E-state index contributed by atoms with van der Waals surface area (Å²) in [4.78, 5) is 12.0. The number of Topliss-reactive ketones (excluding diaryl/α,β-unsaturated/α-hetero) is 1. The van der Waals surface area contributed by atoms with Crippen LogP contribution < -0.4 is 0 Å². The van der Waals surface area contributed by atoms with Gasteiger partial charge in [-0.05, 0) is 15.9 Å². The minimum Gasteiger partial charge on any atom is -0.383 e. The second-order valence-electron chi connectivity index (χ2n) is 3.53. The van der Waals surface area contributed by atoms with E-state index in [-0.39, 0.29) is 12.4 Å². The predicted octanol–water partition coefficient (Wildman–Crippen LogP) is 1.14. The Morgan fingerprint density at radius 3 is 2.72 bits per heavy atom.